The number of benzene rings is 5. The molecule has 0 saturated heterocycles. The SMILES string of the molecule is CCc1nc2cccc3c2n1-c1ccc(-c2ccc4c5c(cccc25)-c2ccccc2-4)cc1S3. The summed E-state index contributed by atoms with van der Waals surface area (Å²) in [6.45, 7) is 2.19. The second-order valence-corrected chi connectivity index (χ2v) is 10.1. The molecule has 2 aliphatic rings. The molecule has 0 N–H and O–H groups in total. The molecule has 1 aliphatic carbocycles. The van der Waals surface area contributed by atoms with Crippen molar-refractivity contribution < 1.29 is 0 Å². The van der Waals surface area contributed by atoms with Gasteiger partial charge in [0.1, 0.15) is 5.82 Å². The summed E-state index contributed by atoms with van der Waals surface area (Å²) in [5.41, 5.74) is 11.5. The van der Waals surface area contributed by atoms with E-state index in [0.717, 1.165) is 17.8 Å². The van der Waals surface area contributed by atoms with E-state index in [2.05, 4.69) is 102 Å². The first kappa shape index (κ1) is 18.6. The Morgan fingerprint density at radius 1 is 0.706 bits per heavy atom. The van der Waals surface area contributed by atoms with Crippen molar-refractivity contribution in [1.29, 1.82) is 0 Å². The third-order valence-corrected chi connectivity index (χ3v) is 8.40. The first-order chi connectivity index (χ1) is 16.8. The maximum absolute atomic E-state index is 4.92. The van der Waals surface area contributed by atoms with Gasteiger partial charge in [0.05, 0.1) is 16.7 Å². The molecule has 5 aromatic carbocycles. The molecule has 3 heteroatoms. The van der Waals surface area contributed by atoms with Gasteiger partial charge in [-0.3, -0.25) is 4.57 Å². The van der Waals surface area contributed by atoms with Crippen molar-refractivity contribution in [3.8, 4) is 39.1 Å². The van der Waals surface area contributed by atoms with Crippen LogP contribution in [-0.4, -0.2) is 9.55 Å². The summed E-state index contributed by atoms with van der Waals surface area (Å²) in [5.74, 6) is 1.12. The van der Waals surface area contributed by atoms with Crippen molar-refractivity contribution in [2.75, 3.05) is 0 Å². The van der Waals surface area contributed by atoms with Crippen LogP contribution in [0.2, 0.25) is 0 Å². The van der Waals surface area contributed by atoms with Gasteiger partial charge in [0.25, 0.3) is 0 Å². The fourth-order valence-electron chi connectivity index (χ4n) is 5.85. The molecule has 0 unspecified atom stereocenters. The first-order valence-electron chi connectivity index (χ1n) is 11.8. The summed E-state index contributed by atoms with van der Waals surface area (Å²) >= 11 is 1.86. The van der Waals surface area contributed by atoms with Gasteiger partial charge in [-0.05, 0) is 68.4 Å². The molecule has 6 aromatic rings. The topological polar surface area (TPSA) is 17.8 Å². The molecule has 8 rings (SSSR count). The lowest BCUT2D eigenvalue weighted by Crippen LogP contribution is -2.05. The molecule has 0 atom stereocenters. The van der Waals surface area contributed by atoms with Crippen LogP contribution >= 0.6 is 11.8 Å². The van der Waals surface area contributed by atoms with Crippen molar-refractivity contribution >= 4 is 33.6 Å². The Balaban J connectivity index is 1.36. The largest absolute Gasteiger partial charge is 0.294 e. The van der Waals surface area contributed by atoms with Gasteiger partial charge < -0.3 is 0 Å². The van der Waals surface area contributed by atoms with Gasteiger partial charge in [-0.25, -0.2) is 4.98 Å². The number of para-hydroxylation sites is 1. The standard InChI is InChI=1S/C31H20N2S/c1-2-29-32-25-11-6-12-27-31(25)33(29)26-16-13-18(17-28(26)34-27)19-14-15-24-21-8-4-3-7-20(21)23-10-5-9-22(19)30(23)24/h3-17H,2H2,1H3. The second kappa shape index (κ2) is 6.62. The molecule has 0 amide bonds. The van der Waals surface area contributed by atoms with E-state index in [9.17, 15) is 0 Å². The molecule has 160 valence electrons. The third kappa shape index (κ3) is 2.30. The molecule has 2 heterocycles. The fraction of sp³-hybridized carbons (Fsp3) is 0.0645. The Morgan fingerprint density at radius 3 is 2.32 bits per heavy atom. The summed E-state index contributed by atoms with van der Waals surface area (Å²) in [6.07, 6.45) is 0.912. The van der Waals surface area contributed by atoms with Crippen LogP contribution in [0.1, 0.15) is 12.7 Å². The van der Waals surface area contributed by atoms with E-state index in [4.69, 9.17) is 4.98 Å². The van der Waals surface area contributed by atoms with E-state index >= 15 is 0 Å². The highest BCUT2D eigenvalue weighted by atomic mass is 32.2. The number of aryl methyl sites for hydroxylation is 1. The Bertz CT molecular complexity index is 1800. The van der Waals surface area contributed by atoms with Gasteiger partial charge in [0.15, 0.2) is 0 Å². The van der Waals surface area contributed by atoms with Crippen LogP contribution in [-0.2, 0) is 6.42 Å². The zero-order valence-electron chi connectivity index (χ0n) is 18.7. The van der Waals surface area contributed by atoms with Crippen LogP contribution in [0.3, 0.4) is 0 Å². The average molecular weight is 453 g/mol. The van der Waals surface area contributed by atoms with Crippen molar-refractivity contribution in [1.82, 2.24) is 9.55 Å². The molecule has 34 heavy (non-hydrogen) atoms. The van der Waals surface area contributed by atoms with Gasteiger partial charge in [0, 0.05) is 16.2 Å². The van der Waals surface area contributed by atoms with Crippen molar-refractivity contribution in [3.63, 3.8) is 0 Å². The molecule has 0 spiro atoms. The van der Waals surface area contributed by atoms with Crippen molar-refractivity contribution in [3.05, 3.63) is 96.8 Å². The van der Waals surface area contributed by atoms with Crippen LogP contribution in [0.15, 0.2) is 101 Å². The fourth-order valence-corrected chi connectivity index (χ4v) is 6.98. The van der Waals surface area contributed by atoms with Gasteiger partial charge in [-0.1, -0.05) is 85.4 Å². The summed E-state index contributed by atoms with van der Waals surface area (Å²) in [4.78, 5) is 7.49. The monoisotopic (exact) mass is 452 g/mol. The molecule has 0 fully saturated rings. The summed E-state index contributed by atoms with van der Waals surface area (Å²) in [6, 6.07) is 33.5. The number of hydrogen-bond acceptors (Lipinski definition) is 2. The molecule has 0 radical (unpaired) electrons. The Morgan fingerprint density at radius 2 is 1.47 bits per heavy atom. The zero-order chi connectivity index (χ0) is 22.4. The second-order valence-electron chi connectivity index (χ2n) is 9.06. The minimum Gasteiger partial charge on any atom is -0.294 e. The predicted octanol–water partition coefficient (Wildman–Crippen LogP) is 8.52. The van der Waals surface area contributed by atoms with Crippen LogP contribution in [0.5, 0.6) is 0 Å². The molecule has 0 bridgehead atoms. The van der Waals surface area contributed by atoms with E-state index in [0.29, 0.717) is 0 Å². The minimum atomic E-state index is 0.912. The summed E-state index contributed by atoms with van der Waals surface area (Å²) in [7, 11) is 0. The highest BCUT2D eigenvalue weighted by molar-refractivity contribution is 7.99. The van der Waals surface area contributed by atoms with Gasteiger partial charge in [-0.15, -0.1) is 0 Å². The molecular weight excluding hydrogens is 432 g/mol. The Hall–Kier alpha value is -3.82. The van der Waals surface area contributed by atoms with E-state index < -0.39 is 0 Å². The zero-order valence-corrected chi connectivity index (χ0v) is 19.5. The van der Waals surface area contributed by atoms with Gasteiger partial charge in [0.2, 0.25) is 0 Å². The van der Waals surface area contributed by atoms with Gasteiger partial charge >= 0.3 is 0 Å². The van der Waals surface area contributed by atoms with E-state index in [1.54, 1.807) is 0 Å². The third-order valence-electron chi connectivity index (χ3n) is 7.30. The molecule has 2 nitrogen and oxygen atoms in total. The summed E-state index contributed by atoms with van der Waals surface area (Å²) in [5, 5.41) is 2.70. The molecule has 1 aliphatic heterocycles. The van der Waals surface area contributed by atoms with E-state index in [1.165, 1.54) is 65.1 Å². The van der Waals surface area contributed by atoms with Crippen molar-refractivity contribution in [2.45, 2.75) is 23.1 Å². The molecular formula is C31H20N2S. The van der Waals surface area contributed by atoms with Crippen LogP contribution in [0.4, 0.5) is 0 Å². The van der Waals surface area contributed by atoms with Crippen LogP contribution in [0, 0.1) is 0 Å². The number of imidazole rings is 1. The maximum Gasteiger partial charge on any atom is 0.114 e. The van der Waals surface area contributed by atoms with Crippen LogP contribution in [0.25, 0.3) is 60.9 Å². The lowest BCUT2D eigenvalue weighted by atomic mass is 9.94. The van der Waals surface area contributed by atoms with Crippen LogP contribution < -0.4 is 0 Å². The van der Waals surface area contributed by atoms with E-state index in [1.807, 2.05) is 11.8 Å². The highest BCUT2D eigenvalue weighted by Crippen LogP contribution is 2.50. The van der Waals surface area contributed by atoms with Gasteiger partial charge in [-0.2, -0.15) is 0 Å². The van der Waals surface area contributed by atoms with Crippen molar-refractivity contribution in [2.24, 2.45) is 0 Å². The number of fused-ring (bicyclic) bond motifs is 5. The lowest BCUT2D eigenvalue weighted by Gasteiger charge is -2.21. The summed E-state index contributed by atoms with van der Waals surface area (Å²) < 4.78 is 2.37. The highest BCUT2D eigenvalue weighted by Gasteiger charge is 2.25. The predicted molar refractivity (Wildman–Crippen MR) is 142 cm³/mol. The van der Waals surface area contributed by atoms with E-state index in [-0.39, 0.29) is 0 Å². The maximum atomic E-state index is 4.92. The Kier molecular flexibility index (Phi) is 3.62. The number of aromatic nitrogens is 2. The number of hydrogen-bond donors (Lipinski definition) is 0. The normalized spacial score (nSPS) is 12.9. The lowest BCUT2D eigenvalue weighted by molar-refractivity contribution is 0.888. The molecule has 1 aromatic heterocycles. The molecule has 0 saturated carbocycles. The Labute approximate surface area is 201 Å². The number of rotatable bonds is 2. The average Bonchev–Trinajstić information content (AvgIpc) is 3.43. The minimum absolute atomic E-state index is 0.912. The smallest absolute Gasteiger partial charge is 0.114 e. The quantitative estimate of drug-likeness (QED) is 0.262. The number of nitrogens with zero attached hydrogens (tertiary/aromatic N) is 2. The first-order valence-corrected chi connectivity index (χ1v) is 12.6.